The van der Waals surface area contributed by atoms with Crippen molar-refractivity contribution in [3.63, 3.8) is 0 Å². The highest BCUT2D eigenvalue weighted by molar-refractivity contribution is 7.11. The van der Waals surface area contributed by atoms with Crippen molar-refractivity contribution in [3.8, 4) is 0 Å². The lowest BCUT2D eigenvalue weighted by Crippen LogP contribution is -2.58. The Morgan fingerprint density at radius 3 is 2.16 bits per heavy atom. The second-order valence-corrected chi connectivity index (χ2v) is 8.53. The molecule has 0 amide bonds. The lowest BCUT2D eigenvalue weighted by molar-refractivity contribution is -0.0204. The molecule has 0 unspecified atom stereocenters. The van der Waals surface area contributed by atoms with E-state index in [1.165, 1.54) is 35.4 Å². The zero-order valence-corrected chi connectivity index (χ0v) is 12.8. The Morgan fingerprint density at radius 2 is 1.63 bits per heavy atom. The van der Waals surface area contributed by atoms with Crippen LogP contribution in [0.25, 0.3) is 0 Å². The van der Waals surface area contributed by atoms with Crippen molar-refractivity contribution in [2.45, 2.75) is 64.0 Å². The minimum absolute atomic E-state index is 0.519. The summed E-state index contributed by atoms with van der Waals surface area (Å²) in [6.07, 6.45) is 10.2. The van der Waals surface area contributed by atoms with Gasteiger partial charge < -0.3 is 5.32 Å². The van der Waals surface area contributed by atoms with Gasteiger partial charge in [0.1, 0.15) is 0 Å². The highest BCUT2D eigenvalue weighted by Gasteiger charge is 2.50. The molecule has 4 bridgehead atoms. The predicted octanol–water partition coefficient (Wildman–Crippen LogP) is 4.37. The summed E-state index contributed by atoms with van der Waals surface area (Å²) in [6, 6.07) is 4.64. The first-order valence-corrected chi connectivity index (χ1v) is 8.89. The van der Waals surface area contributed by atoms with Crippen molar-refractivity contribution >= 4 is 11.3 Å². The number of hydrogen-bond acceptors (Lipinski definition) is 2. The van der Waals surface area contributed by atoms with Gasteiger partial charge in [-0.2, -0.15) is 0 Å². The first-order valence-electron chi connectivity index (χ1n) is 8.07. The third kappa shape index (κ3) is 2.27. The molecule has 0 saturated heterocycles. The fourth-order valence-electron chi connectivity index (χ4n) is 5.31. The van der Waals surface area contributed by atoms with Gasteiger partial charge in [-0.25, -0.2) is 0 Å². The van der Waals surface area contributed by atoms with Crippen molar-refractivity contribution in [1.82, 2.24) is 5.32 Å². The molecule has 5 rings (SSSR count). The van der Waals surface area contributed by atoms with Gasteiger partial charge in [0.25, 0.3) is 0 Å². The maximum Gasteiger partial charge on any atom is 0.0305 e. The molecule has 4 saturated carbocycles. The molecule has 1 aromatic rings. The molecule has 0 atom stereocenters. The van der Waals surface area contributed by atoms with Crippen LogP contribution in [0.4, 0.5) is 0 Å². The van der Waals surface area contributed by atoms with Crippen LogP contribution < -0.4 is 5.32 Å². The standard InChI is InChI=1S/C17H25NS/c1-2-15-3-4-16(19-15)11-18-17-8-12-5-13(9-17)7-14(6-12)10-17/h3-4,12-14,18H,2,5-11H2,1H3. The van der Waals surface area contributed by atoms with E-state index in [-0.39, 0.29) is 0 Å². The number of aryl methyl sites for hydroxylation is 1. The predicted molar refractivity (Wildman–Crippen MR) is 81.4 cm³/mol. The third-order valence-electron chi connectivity index (χ3n) is 5.74. The van der Waals surface area contributed by atoms with Crippen molar-refractivity contribution in [1.29, 1.82) is 0 Å². The quantitative estimate of drug-likeness (QED) is 0.860. The molecule has 1 aromatic heterocycles. The highest BCUT2D eigenvalue weighted by atomic mass is 32.1. The van der Waals surface area contributed by atoms with Gasteiger partial charge >= 0.3 is 0 Å². The second-order valence-electron chi connectivity index (χ2n) is 7.27. The van der Waals surface area contributed by atoms with E-state index in [1.807, 2.05) is 11.3 Å². The van der Waals surface area contributed by atoms with Gasteiger partial charge in [0, 0.05) is 21.8 Å². The molecular formula is C17H25NS. The van der Waals surface area contributed by atoms with Crippen LogP contribution in [0.2, 0.25) is 0 Å². The summed E-state index contributed by atoms with van der Waals surface area (Å²) in [5.74, 6) is 3.15. The number of rotatable bonds is 4. The average Bonchev–Trinajstić information content (AvgIpc) is 2.83. The Balaban J connectivity index is 1.44. The van der Waals surface area contributed by atoms with Gasteiger partial charge in [0.2, 0.25) is 0 Å². The topological polar surface area (TPSA) is 12.0 Å². The van der Waals surface area contributed by atoms with Crippen molar-refractivity contribution in [2.75, 3.05) is 0 Å². The van der Waals surface area contributed by atoms with Gasteiger partial charge in [-0.3, -0.25) is 0 Å². The lowest BCUT2D eigenvalue weighted by atomic mass is 9.53. The summed E-state index contributed by atoms with van der Waals surface area (Å²) in [6.45, 7) is 3.36. The van der Waals surface area contributed by atoms with Crippen LogP contribution in [-0.4, -0.2) is 5.54 Å². The maximum atomic E-state index is 3.99. The normalized spacial score (nSPS) is 39.9. The van der Waals surface area contributed by atoms with E-state index in [0.29, 0.717) is 5.54 Å². The molecule has 2 heteroatoms. The largest absolute Gasteiger partial charge is 0.306 e. The smallest absolute Gasteiger partial charge is 0.0305 e. The van der Waals surface area contributed by atoms with Crippen LogP contribution in [0.1, 0.15) is 55.2 Å². The van der Waals surface area contributed by atoms with Crippen LogP contribution in [-0.2, 0) is 13.0 Å². The summed E-state index contributed by atoms with van der Waals surface area (Å²) in [7, 11) is 0. The van der Waals surface area contributed by atoms with Crippen LogP contribution in [0.3, 0.4) is 0 Å². The maximum absolute atomic E-state index is 3.99. The second kappa shape index (κ2) is 4.60. The molecule has 19 heavy (non-hydrogen) atoms. The summed E-state index contributed by atoms with van der Waals surface area (Å²) < 4.78 is 0. The van der Waals surface area contributed by atoms with E-state index in [0.717, 1.165) is 24.3 Å². The molecule has 0 spiro atoms. The SMILES string of the molecule is CCc1ccc(CNC23CC4CC(CC(C4)C2)C3)s1. The Morgan fingerprint density at radius 1 is 1.05 bits per heavy atom. The third-order valence-corrected chi connectivity index (χ3v) is 6.97. The molecule has 4 fully saturated rings. The molecule has 1 nitrogen and oxygen atoms in total. The average molecular weight is 275 g/mol. The molecular weight excluding hydrogens is 250 g/mol. The molecule has 1 heterocycles. The molecule has 0 aliphatic heterocycles. The van der Waals surface area contributed by atoms with Crippen LogP contribution >= 0.6 is 11.3 Å². The Bertz CT molecular complexity index is 426. The molecule has 4 aliphatic carbocycles. The summed E-state index contributed by atoms with van der Waals surface area (Å²) >= 11 is 2.00. The molecule has 104 valence electrons. The van der Waals surface area contributed by atoms with E-state index in [9.17, 15) is 0 Å². The molecule has 1 N–H and O–H groups in total. The molecule has 0 aromatic carbocycles. The van der Waals surface area contributed by atoms with Crippen molar-refractivity contribution in [3.05, 3.63) is 21.9 Å². The lowest BCUT2D eigenvalue weighted by Gasteiger charge is -2.57. The van der Waals surface area contributed by atoms with Gasteiger partial charge in [0.15, 0.2) is 0 Å². The van der Waals surface area contributed by atoms with Gasteiger partial charge in [-0.1, -0.05) is 6.92 Å². The van der Waals surface area contributed by atoms with Crippen LogP contribution in [0, 0.1) is 17.8 Å². The summed E-state index contributed by atoms with van der Waals surface area (Å²) in [5.41, 5.74) is 0.519. The van der Waals surface area contributed by atoms with Gasteiger partial charge in [-0.15, -0.1) is 11.3 Å². The van der Waals surface area contributed by atoms with Gasteiger partial charge in [-0.05, 0) is 74.8 Å². The molecule has 4 aliphatic rings. The zero-order chi connectivity index (χ0) is 12.9. The van der Waals surface area contributed by atoms with E-state index >= 15 is 0 Å². The monoisotopic (exact) mass is 275 g/mol. The number of nitrogens with one attached hydrogen (secondary N) is 1. The Labute approximate surface area is 120 Å². The van der Waals surface area contributed by atoms with Crippen molar-refractivity contribution < 1.29 is 0 Å². The van der Waals surface area contributed by atoms with Crippen LogP contribution in [0.15, 0.2) is 12.1 Å². The minimum atomic E-state index is 0.519. The van der Waals surface area contributed by atoms with Crippen molar-refractivity contribution in [2.24, 2.45) is 17.8 Å². The summed E-state index contributed by atoms with van der Waals surface area (Å²) in [4.78, 5) is 3.06. The van der Waals surface area contributed by atoms with E-state index in [2.05, 4.69) is 24.4 Å². The fraction of sp³-hybridized carbons (Fsp3) is 0.765. The number of thiophene rings is 1. The van der Waals surface area contributed by atoms with Gasteiger partial charge in [0.05, 0.1) is 0 Å². The van der Waals surface area contributed by atoms with E-state index < -0.39 is 0 Å². The van der Waals surface area contributed by atoms with E-state index in [4.69, 9.17) is 0 Å². The zero-order valence-electron chi connectivity index (χ0n) is 12.0. The van der Waals surface area contributed by atoms with Crippen LogP contribution in [0.5, 0.6) is 0 Å². The summed E-state index contributed by atoms with van der Waals surface area (Å²) in [5, 5.41) is 3.99. The minimum Gasteiger partial charge on any atom is -0.306 e. The number of hydrogen-bond donors (Lipinski definition) is 1. The Hall–Kier alpha value is -0.340. The highest BCUT2D eigenvalue weighted by Crippen LogP contribution is 2.55. The van der Waals surface area contributed by atoms with E-state index in [1.54, 1.807) is 19.3 Å². The first kappa shape index (κ1) is 12.4. The molecule has 0 radical (unpaired) electrons. The Kier molecular flexibility index (Phi) is 3.00. The first-order chi connectivity index (χ1) is 9.25. The fourth-order valence-corrected chi connectivity index (χ4v) is 6.21.